The zero-order valence-electron chi connectivity index (χ0n) is 10.8. The molecule has 5 nitrogen and oxygen atoms in total. The predicted molar refractivity (Wildman–Crippen MR) is 72.8 cm³/mol. The third-order valence-electron chi connectivity index (χ3n) is 2.94. The summed E-state index contributed by atoms with van der Waals surface area (Å²) in [6, 6.07) is 5.91. The van der Waals surface area contributed by atoms with E-state index in [1.165, 1.54) is 23.7 Å². The Morgan fingerprint density at radius 3 is 2.89 bits per heavy atom. The molecule has 2 rings (SSSR count). The average molecular weight is 257 g/mol. The van der Waals surface area contributed by atoms with Crippen molar-refractivity contribution in [2.45, 2.75) is 20.3 Å². The van der Waals surface area contributed by atoms with Gasteiger partial charge in [-0.05, 0) is 36.6 Å². The number of anilines is 2. The van der Waals surface area contributed by atoms with Crippen molar-refractivity contribution in [2.24, 2.45) is 0 Å². The van der Waals surface area contributed by atoms with Crippen molar-refractivity contribution in [1.82, 2.24) is 9.97 Å². The van der Waals surface area contributed by atoms with Gasteiger partial charge in [-0.15, -0.1) is 0 Å². The normalized spacial score (nSPS) is 10.2. The molecule has 1 aromatic carbocycles. The second-order valence-electron chi connectivity index (χ2n) is 4.21. The Balaban J connectivity index is 2.34. The summed E-state index contributed by atoms with van der Waals surface area (Å²) in [5.74, 6) is -0.751. The largest absolute Gasteiger partial charge is 0.477 e. The van der Waals surface area contributed by atoms with Crippen LogP contribution < -0.4 is 5.32 Å². The summed E-state index contributed by atoms with van der Waals surface area (Å²) in [6.45, 7) is 4.13. The fraction of sp³-hybridized carbons (Fsp3) is 0.214. The second-order valence-corrected chi connectivity index (χ2v) is 4.21. The molecule has 2 N–H and O–H groups in total. The SMILES string of the molecule is CCc1cc(Nc2ncncc2C(=O)O)ccc1C. The van der Waals surface area contributed by atoms with E-state index in [0.717, 1.165) is 12.1 Å². The molecule has 0 bridgehead atoms. The van der Waals surface area contributed by atoms with Gasteiger partial charge in [0.2, 0.25) is 0 Å². The van der Waals surface area contributed by atoms with Crippen molar-refractivity contribution in [3.63, 3.8) is 0 Å². The molecule has 0 saturated heterocycles. The highest BCUT2D eigenvalue weighted by Crippen LogP contribution is 2.21. The van der Waals surface area contributed by atoms with Crippen molar-refractivity contribution >= 4 is 17.5 Å². The molecule has 0 aliphatic heterocycles. The molecule has 0 unspecified atom stereocenters. The molecule has 0 aliphatic rings. The maximum Gasteiger partial charge on any atom is 0.341 e. The molecular formula is C14H15N3O2. The molecule has 1 heterocycles. The summed E-state index contributed by atoms with van der Waals surface area (Å²) in [5, 5.41) is 12.1. The summed E-state index contributed by atoms with van der Waals surface area (Å²) >= 11 is 0. The van der Waals surface area contributed by atoms with E-state index in [1.54, 1.807) is 0 Å². The van der Waals surface area contributed by atoms with E-state index >= 15 is 0 Å². The molecule has 5 heteroatoms. The smallest absolute Gasteiger partial charge is 0.341 e. The van der Waals surface area contributed by atoms with Gasteiger partial charge in [0.1, 0.15) is 17.7 Å². The zero-order valence-corrected chi connectivity index (χ0v) is 10.8. The molecule has 2 aromatic rings. The first kappa shape index (κ1) is 13.0. The number of aryl methyl sites for hydroxylation is 2. The first-order valence-corrected chi connectivity index (χ1v) is 6.01. The summed E-state index contributed by atoms with van der Waals surface area (Å²) in [7, 11) is 0. The van der Waals surface area contributed by atoms with Crippen LogP contribution in [0.2, 0.25) is 0 Å². The van der Waals surface area contributed by atoms with Gasteiger partial charge in [-0.25, -0.2) is 14.8 Å². The summed E-state index contributed by atoms with van der Waals surface area (Å²) in [5.41, 5.74) is 3.31. The molecule has 0 aliphatic carbocycles. The summed E-state index contributed by atoms with van der Waals surface area (Å²) in [4.78, 5) is 18.8. The standard InChI is InChI=1S/C14H15N3O2/c1-3-10-6-11(5-4-9(10)2)17-13-12(14(18)19)7-15-8-16-13/h4-8H,3H2,1-2H3,(H,18,19)(H,15,16,17). The number of nitrogens with one attached hydrogen (secondary N) is 1. The number of aromatic carboxylic acids is 1. The van der Waals surface area contributed by atoms with Crippen molar-refractivity contribution in [3.05, 3.63) is 47.4 Å². The molecule has 0 radical (unpaired) electrons. The molecule has 0 fully saturated rings. The van der Waals surface area contributed by atoms with Gasteiger partial charge in [-0.3, -0.25) is 0 Å². The highest BCUT2D eigenvalue weighted by atomic mass is 16.4. The molecule has 19 heavy (non-hydrogen) atoms. The van der Waals surface area contributed by atoms with E-state index in [0.29, 0.717) is 5.82 Å². The van der Waals surface area contributed by atoms with Gasteiger partial charge in [-0.1, -0.05) is 13.0 Å². The Morgan fingerprint density at radius 1 is 1.42 bits per heavy atom. The number of carboxylic acid groups (broad SMARTS) is 1. The van der Waals surface area contributed by atoms with Gasteiger partial charge in [0.15, 0.2) is 0 Å². The number of carbonyl (C=O) groups is 1. The second kappa shape index (κ2) is 5.48. The van der Waals surface area contributed by atoms with E-state index in [1.807, 2.05) is 18.2 Å². The van der Waals surface area contributed by atoms with Crippen molar-refractivity contribution in [2.75, 3.05) is 5.32 Å². The molecular weight excluding hydrogens is 242 g/mol. The lowest BCUT2D eigenvalue weighted by Crippen LogP contribution is -2.05. The minimum Gasteiger partial charge on any atom is -0.477 e. The van der Waals surface area contributed by atoms with Gasteiger partial charge in [0.25, 0.3) is 0 Å². The van der Waals surface area contributed by atoms with Gasteiger partial charge in [0, 0.05) is 11.9 Å². The number of hydrogen-bond donors (Lipinski definition) is 2. The van der Waals surface area contributed by atoms with Crippen LogP contribution in [0, 0.1) is 6.92 Å². The molecule has 1 aromatic heterocycles. The monoisotopic (exact) mass is 257 g/mol. The first-order chi connectivity index (χ1) is 9.11. The van der Waals surface area contributed by atoms with E-state index in [2.05, 4.69) is 29.1 Å². The summed E-state index contributed by atoms with van der Waals surface area (Å²) in [6.07, 6.45) is 3.53. The predicted octanol–water partition coefficient (Wildman–Crippen LogP) is 2.79. The maximum absolute atomic E-state index is 11.1. The van der Waals surface area contributed by atoms with Crippen LogP contribution in [0.1, 0.15) is 28.4 Å². The van der Waals surface area contributed by atoms with Crippen LogP contribution in [0.5, 0.6) is 0 Å². The average Bonchev–Trinajstić information content (AvgIpc) is 2.41. The van der Waals surface area contributed by atoms with Gasteiger partial charge in [0.05, 0.1) is 0 Å². The number of nitrogens with zero attached hydrogens (tertiary/aromatic N) is 2. The van der Waals surface area contributed by atoms with Crippen molar-refractivity contribution < 1.29 is 9.90 Å². The molecule has 0 saturated carbocycles. The lowest BCUT2D eigenvalue weighted by atomic mass is 10.1. The third kappa shape index (κ3) is 2.88. The van der Waals surface area contributed by atoms with Crippen LogP contribution >= 0.6 is 0 Å². The Morgan fingerprint density at radius 2 is 2.21 bits per heavy atom. The fourth-order valence-corrected chi connectivity index (χ4v) is 1.85. The lowest BCUT2D eigenvalue weighted by molar-refractivity contribution is 0.0697. The van der Waals surface area contributed by atoms with E-state index in [-0.39, 0.29) is 5.56 Å². The minimum absolute atomic E-state index is 0.0566. The van der Waals surface area contributed by atoms with Crippen LogP contribution in [-0.2, 0) is 6.42 Å². The number of aromatic nitrogens is 2. The van der Waals surface area contributed by atoms with E-state index < -0.39 is 5.97 Å². The van der Waals surface area contributed by atoms with E-state index in [9.17, 15) is 4.79 Å². The van der Waals surface area contributed by atoms with Crippen LogP contribution in [0.15, 0.2) is 30.7 Å². The Bertz CT molecular complexity index is 611. The number of rotatable bonds is 4. The highest BCUT2D eigenvalue weighted by molar-refractivity contribution is 5.93. The van der Waals surface area contributed by atoms with E-state index in [4.69, 9.17) is 5.11 Å². The minimum atomic E-state index is -1.05. The van der Waals surface area contributed by atoms with Crippen molar-refractivity contribution in [3.8, 4) is 0 Å². The summed E-state index contributed by atoms with van der Waals surface area (Å²) < 4.78 is 0. The quantitative estimate of drug-likeness (QED) is 0.880. The van der Waals surface area contributed by atoms with Crippen LogP contribution in [0.25, 0.3) is 0 Å². The number of carboxylic acids is 1. The number of benzene rings is 1. The Labute approximate surface area is 111 Å². The first-order valence-electron chi connectivity index (χ1n) is 6.01. The lowest BCUT2D eigenvalue weighted by Gasteiger charge is -2.10. The maximum atomic E-state index is 11.1. The highest BCUT2D eigenvalue weighted by Gasteiger charge is 2.11. The third-order valence-corrected chi connectivity index (χ3v) is 2.94. The topological polar surface area (TPSA) is 75.1 Å². The fourth-order valence-electron chi connectivity index (χ4n) is 1.85. The Kier molecular flexibility index (Phi) is 3.75. The van der Waals surface area contributed by atoms with Crippen LogP contribution in [-0.4, -0.2) is 21.0 Å². The Hall–Kier alpha value is -2.43. The molecule has 0 amide bonds. The van der Waals surface area contributed by atoms with Crippen molar-refractivity contribution in [1.29, 1.82) is 0 Å². The van der Waals surface area contributed by atoms with Crippen LogP contribution in [0.4, 0.5) is 11.5 Å². The molecule has 0 spiro atoms. The number of hydrogen-bond acceptors (Lipinski definition) is 4. The molecule has 98 valence electrons. The van der Waals surface area contributed by atoms with Gasteiger partial charge in [-0.2, -0.15) is 0 Å². The molecule has 0 atom stereocenters. The van der Waals surface area contributed by atoms with Crippen LogP contribution in [0.3, 0.4) is 0 Å². The van der Waals surface area contributed by atoms with Gasteiger partial charge < -0.3 is 10.4 Å². The zero-order chi connectivity index (χ0) is 13.8. The van der Waals surface area contributed by atoms with Gasteiger partial charge >= 0.3 is 5.97 Å².